The van der Waals surface area contributed by atoms with Crippen LogP contribution >= 0.6 is 0 Å². The van der Waals surface area contributed by atoms with Gasteiger partial charge in [0.2, 0.25) is 5.91 Å². The van der Waals surface area contributed by atoms with Gasteiger partial charge >= 0.3 is 0 Å². The second kappa shape index (κ2) is 8.06. The van der Waals surface area contributed by atoms with Gasteiger partial charge in [0.1, 0.15) is 5.75 Å². The molecule has 0 saturated carbocycles. The molecular formula is C21H28N2O2. The van der Waals surface area contributed by atoms with Crippen LogP contribution < -0.4 is 15.4 Å². The number of carbonyl (C=O) groups excluding carboxylic acids is 1. The molecule has 0 saturated heterocycles. The number of amides is 1. The summed E-state index contributed by atoms with van der Waals surface area (Å²) < 4.78 is 5.33. The fraction of sp³-hybridized carbons (Fsp3) is 0.381. The van der Waals surface area contributed by atoms with Gasteiger partial charge in [-0.15, -0.1) is 0 Å². The number of nitrogens with one attached hydrogen (secondary N) is 2. The molecule has 134 valence electrons. The number of benzene rings is 2. The molecule has 0 heterocycles. The molecule has 4 heteroatoms. The standard InChI is InChI=1S/C21H28N2O2/c1-15-6-11-19(25-5)18(14-15)22-13-12-20(24)23-17-9-7-16(8-10-17)21(2,3)4/h6-11,14,22H,12-13H2,1-5H3,(H,23,24). The third-order valence-electron chi connectivity index (χ3n) is 4.06. The van der Waals surface area contributed by atoms with Crippen molar-refractivity contribution in [3.05, 3.63) is 53.6 Å². The Bertz CT molecular complexity index is 716. The number of hydrogen-bond donors (Lipinski definition) is 2. The average Bonchev–Trinajstić information content (AvgIpc) is 2.55. The first kappa shape index (κ1) is 18.8. The maximum absolute atomic E-state index is 12.1. The first-order chi connectivity index (χ1) is 11.8. The topological polar surface area (TPSA) is 50.4 Å². The normalized spacial score (nSPS) is 11.1. The van der Waals surface area contributed by atoms with Crippen LogP contribution in [0.4, 0.5) is 11.4 Å². The Kier molecular flexibility index (Phi) is 6.07. The van der Waals surface area contributed by atoms with Crippen LogP contribution in [0.1, 0.15) is 38.3 Å². The molecule has 0 atom stereocenters. The van der Waals surface area contributed by atoms with Crippen molar-refractivity contribution in [2.75, 3.05) is 24.3 Å². The van der Waals surface area contributed by atoms with Crippen molar-refractivity contribution >= 4 is 17.3 Å². The second-order valence-electron chi connectivity index (χ2n) is 7.26. The van der Waals surface area contributed by atoms with E-state index in [0.29, 0.717) is 13.0 Å². The first-order valence-electron chi connectivity index (χ1n) is 8.58. The summed E-state index contributed by atoms with van der Waals surface area (Å²) in [5, 5.41) is 6.20. The van der Waals surface area contributed by atoms with Gasteiger partial charge in [0.15, 0.2) is 0 Å². The van der Waals surface area contributed by atoms with Crippen LogP contribution in [0.15, 0.2) is 42.5 Å². The Morgan fingerprint density at radius 1 is 1.08 bits per heavy atom. The largest absolute Gasteiger partial charge is 0.495 e. The van der Waals surface area contributed by atoms with Gasteiger partial charge < -0.3 is 15.4 Å². The Balaban J connectivity index is 1.86. The van der Waals surface area contributed by atoms with Gasteiger partial charge in [-0.05, 0) is 47.7 Å². The highest BCUT2D eigenvalue weighted by Crippen LogP contribution is 2.25. The number of ether oxygens (including phenoxy) is 1. The first-order valence-corrected chi connectivity index (χ1v) is 8.58. The smallest absolute Gasteiger partial charge is 0.226 e. The molecule has 1 amide bonds. The zero-order valence-electron chi connectivity index (χ0n) is 15.8. The van der Waals surface area contributed by atoms with E-state index >= 15 is 0 Å². The molecule has 0 aliphatic rings. The molecule has 4 nitrogen and oxygen atoms in total. The molecular weight excluding hydrogens is 312 g/mol. The Hall–Kier alpha value is -2.49. The van der Waals surface area contributed by atoms with Crippen LogP contribution in [-0.4, -0.2) is 19.6 Å². The van der Waals surface area contributed by atoms with Crippen molar-refractivity contribution in [2.24, 2.45) is 0 Å². The summed E-state index contributed by atoms with van der Waals surface area (Å²) in [6, 6.07) is 14.0. The van der Waals surface area contributed by atoms with E-state index in [2.05, 4.69) is 43.5 Å². The summed E-state index contributed by atoms with van der Waals surface area (Å²) >= 11 is 0. The monoisotopic (exact) mass is 340 g/mol. The highest BCUT2D eigenvalue weighted by molar-refractivity contribution is 5.91. The molecule has 0 fully saturated rings. The maximum atomic E-state index is 12.1. The quantitative estimate of drug-likeness (QED) is 0.798. The van der Waals surface area contributed by atoms with Crippen LogP contribution in [-0.2, 0) is 10.2 Å². The number of aryl methyl sites for hydroxylation is 1. The van der Waals surface area contributed by atoms with Gasteiger partial charge in [-0.2, -0.15) is 0 Å². The fourth-order valence-corrected chi connectivity index (χ4v) is 2.55. The van der Waals surface area contributed by atoms with Crippen molar-refractivity contribution in [3.8, 4) is 5.75 Å². The Labute approximate surface area is 150 Å². The fourth-order valence-electron chi connectivity index (χ4n) is 2.55. The lowest BCUT2D eigenvalue weighted by Crippen LogP contribution is -2.17. The Morgan fingerprint density at radius 3 is 2.36 bits per heavy atom. The van der Waals surface area contributed by atoms with Crippen molar-refractivity contribution < 1.29 is 9.53 Å². The van der Waals surface area contributed by atoms with E-state index in [1.54, 1.807) is 7.11 Å². The van der Waals surface area contributed by atoms with Crippen molar-refractivity contribution in [2.45, 2.75) is 39.5 Å². The van der Waals surface area contributed by atoms with Gasteiger partial charge in [0.05, 0.1) is 12.8 Å². The van der Waals surface area contributed by atoms with Crippen LogP contribution in [0.3, 0.4) is 0 Å². The zero-order chi connectivity index (χ0) is 18.4. The lowest BCUT2D eigenvalue weighted by Gasteiger charge is -2.19. The Morgan fingerprint density at radius 2 is 1.76 bits per heavy atom. The lowest BCUT2D eigenvalue weighted by atomic mass is 9.87. The zero-order valence-corrected chi connectivity index (χ0v) is 15.8. The molecule has 2 aromatic rings. The predicted octanol–water partition coefficient (Wildman–Crippen LogP) is 4.74. The van der Waals surface area contributed by atoms with Crippen molar-refractivity contribution in [1.82, 2.24) is 0 Å². The molecule has 2 aromatic carbocycles. The summed E-state index contributed by atoms with van der Waals surface area (Å²) in [6.45, 7) is 9.09. The second-order valence-corrected chi connectivity index (χ2v) is 7.26. The number of rotatable bonds is 6. The van der Waals surface area contributed by atoms with Crippen LogP contribution in [0.2, 0.25) is 0 Å². The van der Waals surface area contributed by atoms with Gasteiger partial charge in [-0.1, -0.05) is 39.0 Å². The van der Waals surface area contributed by atoms with Crippen molar-refractivity contribution in [1.29, 1.82) is 0 Å². The molecule has 0 aliphatic carbocycles. The third-order valence-corrected chi connectivity index (χ3v) is 4.06. The summed E-state index contributed by atoms with van der Waals surface area (Å²) in [4.78, 5) is 12.1. The van der Waals surface area contributed by atoms with Crippen LogP contribution in [0.5, 0.6) is 5.75 Å². The van der Waals surface area contributed by atoms with E-state index in [1.165, 1.54) is 5.56 Å². The molecule has 25 heavy (non-hydrogen) atoms. The van der Waals surface area contributed by atoms with E-state index in [9.17, 15) is 4.79 Å². The van der Waals surface area contributed by atoms with E-state index < -0.39 is 0 Å². The molecule has 2 N–H and O–H groups in total. The molecule has 0 radical (unpaired) electrons. The number of anilines is 2. The molecule has 0 spiro atoms. The van der Waals surface area contributed by atoms with E-state index in [-0.39, 0.29) is 11.3 Å². The predicted molar refractivity (Wildman–Crippen MR) is 105 cm³/mol. The number of hydrogen-bond acceptors (Lipinski definition) is 3. The molecule has 0 aliphatic heterocycles. The van der Waals surface area contributed by atoms with E-state index in [0.717, 1.165) is 22.7 Å². The third kappa shape index (κ3) is 5.52. The van der Waals surface area contributed by atoms with Crippen LogP contribution in [0.25, 0.3) is 0 Å². The summed E-state index contributed by atoms with van der Waals surface area (Å²) in [7, 11) is 1.64. The van der Waals surface area contributed by atoms with Crippen LogP contribution in [0, 0.1) is 6.92 Å². The minimum Gasteiger partial charge on any atom is -0.495 e. The molecule has 0 unspecified atom stereocenters. The van der Waals surface area contributed by atoms with E-state index in [1.807, 2.05) is 37.3 Å². The van der Waals surface area contributed by atoms with Gasteiger partial charge in [0.25, 0.3) is 0 Å². The summed E-state index contributed by atoms with van der Waals surface area (Å²) in [6.07, 6.45) is 0.387. The maximum Gasteiger partial charge on any atom is 0.226 e. The lowest BCUT2D eigenvalue weighted by molar-refractivity contribution is -0.115. The van der Waals surface area contributed by atoms with Crippen molar-refractivity contribution in [3.63, 3.8) is 0 Å². The molecule has 0 aromatic heterocycles. The average molecular weight is 340 g/mol. The minimum atomic E-state index is -0.0115. The minimum absolute atomic E-state index is 0.0115. The highest BCUT2D eigenvalue weighted by Gasteiger charge is 2.13. The number of methoxy groups -OCH3 is 1. The SMILES string of the molecule is COc1ccc(C)cc1NCCC(=O)Nc1ccc(C(C)(C)C)cc1. The molecule has 0 bridgehead atoms. The van der Waals surface area contributed by atoms with Gasteiger partial charge in [-0.3, -0.25) is 4.79 Å². The van der Waals surface area contributed by atoms with E-state index in [4.69, 9.17) is 4.74 Å². The highest BCUT2D eigenvalue weighted by atomic mass is 16.5. The van der Waals surface area contributed by atoms with Gasteiger partial charge in [-0.25, -0.2) is 0 Å². The number of carbonyl (C=O) groups is 1. The van der Waals surface area contributed by atoms with Gasteiger partial charge in [0, 0.05) is 18.7 Å². The molecule has 2 rings (SSSR count). The summed E-state index contributed by atoms with van der Waals surface area (Å²) in [5.74, 6) is 0.770. The summed E-state index contributed by atoms with van der Waals surface area (Å²) in [5.41, 5.74) is 4.24.